The Hall–Kier alpha value is -0.0800. The zero-order chi connectivity index (χ0) is 12.8. The molecule has 0 aliphatic heterocycles. The summed E-state index contributed by atoms with van der Waals surface area (Å²) in [7, 11) is 2.29. The van der Waals surface area contributed by atoms with Gasteiger partial charge in [-0.3, -0.25) is 0 Å². The van der Waals surface area contributed by atoms with Crippen LogP contribution in [0.5, 0.6) is 0 Å². The van der Waals surface area contributed by atoms with E-state index >= 15 is 0 Å². The molecule has 2 heteroatoms. The van der Waals surface area contributed by atoms with Crippen LogP contribution in [0.25, 0.3) is 0 Å². The second-order valence-electron chi connectivity index (χ2n) is 6.73. The molecule has 106 valence electrons. The summed E-state index contributed by atoms with van der Waals surface area (Å²) < 4.78 is 0. The van der Waals surface area contributed by atoms with Gasteiger partial charge in [-0.25, -0.2) is 0 Å². The third kappa shape index (κ3) is 4.89. The molecule has 0 amide bonds. The fraction of sp³-hybridized carbons (Fsp3) is 1.00. The van der Waals surface area contributed by atoms with E-state index in [0.29, 0.717) is 0 Å². The predicted octanol–water partition coefficient (Wildman–Crippen LogP) is 3.44. The van der Waals surface area contributed by atoms with Gasteiger partial charge in [0.15, 0.2) is 0 Å². The van der Waals surface area contributed by atoms with Crippen molar-refractivity contribution in [2.24, 2.45) is 11.8 Å². The first-order valence-corrected chi connectivity index (χ1v) is 8.10. The Morgan fingerprint density at radius 1 is 0.889 bits per heavy atom. The molecule has 0 heterocycles. The summed E-state index contributed by atoms with van der Waals surface area (Å²) in [6.45, 7) is 2.53. The largest absolute Gasteiger partial charge is 0.393 e. The van der Waals surface area contributed by atoms with Crippen molar-refractivity contribution in [1.29, 1.82) is 0 Å². The average molecular weight is 253 g/mol. The summed E-state index contributed by atoms with van der Waals surface area (Å²) >= 11 is 0. The maximum Gasteiger partial charge on any atom is 0.0540 e. The van der Waals surface area contributed by atoms with E-state index in [1.165, 1.54) is 64.5 Å². The van der Waals surface area contributed by atoms with Crippen LogP contribution in [0.3, 0.4) is 0 Å². The van der Waals surface area contributed by atoms with Gasteiger partial charge in [0.1, 0.15) is 0 Å². The second kappa shape index (κ2) is 7.49. The first-order valence-electron chi connectivity index (χ1n) is 8.10. The van der Waals surface area contributed by atoms with Crippen LogP contribution in [0, 0.1) is 11.8 Å². The van der Waals surface area contributed by atoms with Gasteiger partial charge in [0.2, 0.25) is 0 Å². The molecule has 2 aliphatic carbocycles. The van der Waals surface area contributed by atoms with Crippen LogP contribution in [0.15, 0.2) is 0 Å². The van der Waals surface area contributed by atoms with E-state index in [-0.39, 0.29) is 6.10 Å². The van der Waals surface area contributed by atoms with Crippen LogP contribution < -0.4 is 0 Å². The topological polar surface area (TPSA) is 23.5 Å². The third-order valence-electron chi connectivity index (χ3n) is 5.03. The van der Waals surface area contributed by atoms with Crippen molar-refractivity contribution >= 4 is 0 Å². The van der Waals surface area contributed by atoms with E-state index < -0.39 is 0 Å². The molecule has 1 N–H and O–H groups in total. The first-order chi connectivity index (χ1) is 8.74. The molecule has 2 saturated carbocycles. The molecule has 0 aromatic rings. The first kappa shape index (κ1) is 14.3. The summed E-state index contributed by atoms with van der Waals surface area (Å²) in [4.78, 5) is 2.54. The Morgan fingerprint density at radius 3 is 2.22 bits per heavy atom. The van der Waals surface area contributed by atoms with Crippen molar-refractivity contribution in [2.45, 2.75) is 70.3 Å². The lowest BCUT2D eigenvalue weighted by atomic mass is 9.86. The summed E-state index contributed by atoms with van der Waals surface area (Å²) in [5, 5.41) is 9.52. The molecule has 0 aromatic heterocycles. The van der Waals surface area contributed by atoms with E-state index in [1.54, 1.807) is 0 Å². The monoisotopic (exact) mass is 253 g/mol. The Bertz CT molecular complexity index is 217. The molecule has 0 unspecified atom stereocenters. The van der Waals surface area contributed by atoms with Crippen LogP contribution in [0.2, 0.25) is 0 Å². The molecule has 2 nitrogen and oxygen atoms in total. The highest BCUT2D eigenvalue weighted by Gasteiger charge is 2.21. The van der Waals surface area contributed by atoms with Crippen molar-refractivity contribution < 1.29 is 5.11 Å². The van der Waals surface area contributed by atoms with Crippen molar-refractivity contribution in [2.75, 3.05) is 20.1 Å². The highest BCUT2D eigenvalue weighted by atomic mass is 16.3. The molecule has 0 saturated heterocycles. The van der Waals surface area contributed by atoms with E-state index in [1.807, 2.05) is 0 Å². The molecular weight excluding hydrogens is 222 g/mol. The smallest absolute Gasteiger partial charge is 0.0540 e. The summed E-state index contributed by atoms with van der Waals surface area (Å²) in [5.74, 6) is 1.85. The van der Waals surface area contributed by atoms with Gasteiger partial charge in [-0.15, -0.1) is 0 Å². The lowest BCUT2D eigenvalue weighted by Crippen LogP contribution is -2.31. The summed E-state index contributed by atoms with van der Waals surface area (Å²) in [5.41, 5.74) is 0. The lowest BCUT2D eigenvalue weighted by molar-refractivity contribution is 0.0965. The van der Waals surface area contributed by atoms with Gasteiger partial charge in [-0.1, -0.05) is 32.1 Å². The molecule has 0 aromatic carbocycles. The second-order valence-corrected chi connectivity index (χ2v) is 6.73. The maximum atomic E-state index is 9.52. The average Bonchev–Trinajstić information content (AvgIpc) is 2.40. The quantitative estimate of drug-likeness (QED) is 0.811. The minimum atomic E-state index is -0.00575. The Morgan fingerprint density at radius 2 is 1.56 bits per heavy atom. The van der Waals surface area contributed by atoms with Crippen molar-refractivity contribution in [3.8, 4) is 0 Å². The molecule has 2 aliphatic rings. The highest BCUT2D eigenvalue weighted by molar-refractivity contribution is 4.74. The normalized spacial score (nSPS) is 30.8. The zero-order valence-electron chi connectivity index (χ0n) is 12.1. The molecule has 0 atom stereocenters. The van der Waals surface area contributed by atoms with E-state index in [9.17, 15) is 5.11 Å². The molecule has 0 bridgehead atoms. The van der Waals surface area contributed by atoms with Gasteiger partial charge in [-0.2, -0.15) is 0 Å². The number of rotatable bonds is 5. The fourth-order valence-electron chi connectivity index (χ4n) is 3.74. The van der Waals surface area contributed by atoms with Gasteiger partial charge >= 0.3 is 0 Å². The maximum absolute atomic E-state index is 9.52. The van der Waals surface area contributed by atoms with Gasteiger partial charge < -0.3 is 10.0 Å². The van der Waals surface area contributed by atoms with Gasteiger partial charge in [0.25, 0.3) is 0 Å². The molecule has 2 rings (SSSR count). The lowest BCUT2D eigenvalue weighted by Gasteiger charge is -2.30. The van der Waals surface area contributed by atoms with Gasteiger partial charge in [0.05, 0.1) is 6.10 Å². The van der Waals surface area contributed by atoms with Gasteiger partial charge in [0, 0.05) is 6.54 Å². The number of hydrogen-bond acceptors (Lipinski definition) is 2. The van der Waals surface area contributed by atoms with Gasteiger partial charge in [-0.05, 0) is 57.5 Å². The van der Waals surface area contributed by atoms with Crippen molar-refractivity contribution in [1.82, 2.24) is 4.90 Å². The molecule has 0 spiro atoms. The summed E-state index contributed by atoms with van der Waals surface area (Å²) in [6.07, 6.45) is 13.3. The van der Waals surface area contributed by atoms with E-state index in [4.69, 9.17) is 0 Å². The van der Waals surface area contributed by atoms with Crippen LogP contribution in [-0.4, -0.2) is 36.2 Å². The van der Waals surface area contributed by atoms with Crippen LogP contribution in [0.4, 0.5) is 0 Å². The fourth-order valence-corrected chi connectivity index (χ4v) is 3.74. The predicted molar refractivity (Wildman–Crippen MR) is 76.7 cm³/mol. The van der Waals surface area contributed by atoms with Crippen LogP contribution in [-0.2, 0) is 0 Å². The number of nitrogens with zero attached hydrogens (tertiary/aromatic N) is 1. The zero-order valence-corrected chi connectivity index (χ0v) is 12.1. The van der Waals surface area contributed by atoms with Crippen LogP contribution in [0.1, 0.15) is 64.2 Å². The molecule has 18 heavy (non-hydrogen) atoms. The minimum absolute atomic E-state index is 0.00575. The standard InChI is InChI=1S/C16H31NO/c1-17(12-11-14-5-3-2-4-6-14)13-15-7-9-16(18)10-8-15/h14-16,18H,2-13H2,1H3. The number of hydrogen-bond donors (Lipinski definition) is 1. The van der Waals surface area contributed by atoms with E-state index in [2.05, 4.69) is 11.9 Å². The molecule has 0 radical (unpaired) electrons. The number of aliphatic hydroxyl groups excluding tert-OH is 1. The third-order valence-corrected chi connectivity index (χ3v) is 5.03. The summed E-state index contributed by atoms with van der Waals surface area (Å²) in [6, 6.07) is 0. The Kier molecular flexibility index (Phi) is 5.97. The minimum Gasteiger partial charge on any atom is -0.393 e. The molecule has 2 fully saturated rings. The Labute approximate surface area is 113 Å². The van der Waals surface area contributed by atoms with Crippen LogP contribution >= 0.6 is 0 Å². The highest BCUT2D eigenvalue weighted by Crippen LogP contribution is 2.27. The SMILES string of the molecule is CN(CCC1CCCCC1)CC1CCC(O)CC1. The van der Waals surface area contributed by atoms with E-state index in [0.717, 1.165) is 24.7 Å². The Balaban J connectivity index is 1.58. The van der Waals surface area contributed by atoms with Crippen molar-refractivity contribution in [3.63, 3.8) is 0 Å². The van der Waals surface area contributed by atoms with Crippen molar-refractivity contribution in [3.05, 3.63) is 0 Å². The number of aliphatic hydroxyl groups is 1. The molecular formula is C16H31NO.